The Labute approximate surface area is 94.9 Å². The molecule has 1 heterocycles. The lowest BCUT2D eigenvalue weighted by molar-refractivity contribution is 0.867. The molecule has 0 saturated heterocycles. The molecule has 0 radical (unpaired) electrons. The Morgan fingerprint density at radius 2 is 2.12 bits per heavy atom. The summed E-state index contributed by atoms with van der Waals surface area (Å²) in [7, 11) is 0. The minimum absolute atomic E-state index is 0.158. The fraction of sp³-hybridized carbons (Fsp3) is 0.0769. The fourth-order valence-corrected chi connectivity index (χ4v) is 1.45. The first kappa shape index (κ1) is 10.4. The highest BCUT2D eigenvalue weighted by molar-refractivity contribution is 5.79. The van der Waals surface area contributed by atoms with E-state index in [-0.39, 0.29) is 6.17 Å². The second-order valence-electron chi connectivity index (χ2n) is 3.32. The number of nitrogens with zero attached hydrogens (tertiary/aromatic N) is 2. The van der Waals surface area contributed by atoms with Gasteiger partial charge in [-0.3, -0.25) is 4.99 Å². The highest BCUT2D eigenvalue weighted by atomic mass is 15.1. The summed E-state index contributed by atoms with van der Waals surface area (Å²) in [6, 6.07) is 10.1. The maximum absolute atomic E-state index is 4.22. The normalized spacial score (nSPS) is 19.2. The van der Waals surface area contributed by atoms with E-state index in [1.54, 1.807) is 18.6 Å². The van der Waals surface area contributed by atoms with Crippen LogP contribution in [0.4, 0.5) is 0 Å². The van der Waals surface area contributed by atoms with Gasteiger partial charge in [0.25, 0.3) is 0 Å². The zero-order valence-electron chi connectivity index (χ0n) is 8.88. The van der Waals surface area contributed by atoms with Crippen LogP contribution in [0.15, 0.2) is 59.0 Å². The highest BCUT2D eigenvalue weighted by Gasteiger charge is 2.07. The van der Waals surface area contributed by atoms with Crippen LogP contribution in [0.2, 0.25) is 0 Å². The van der Waals surface area contributed by atoms with Crippen LogP contribution in [-0.4, -0.2) is 18.7 Å². The smallest absolute Gasteiger partial charge is 0.162 e. The van der Waals surface area contributed by atoms with E-state index in [4.69, 9.17) is 0 Å². The highest BCUT2D eigenvalue weighted by Crippen LogP contribution is 2.14. The van der Waals surface area contributed by atoms with Crippen molar-refractivity contribution in [3.05, 3.63) is 54.6 Å². The maximum Gasteiger partial charge on any atom is 0.162 e. The molecule has 0 fully saturated rings. The lowest BCUT2D eigenvalue weighted by Gasteiger charge is -2.14. The summed E-state index contributed by atoms with van der Waals surface area (Å²) < 4.78 is 0. The second kappa shape index (κ2) is 5.07. The largest absolute Gasteiger partial charge is 0.346 e. The van der Waals surface area contributed by atoms with Crippen molar-refractivity contribution >= 4 is 18.3 Å². The van der Waals surface area contributed by atoms with Gasteiger partial charge in [-0.2, -0.15) is 0 Å². The Bertz CT molecular complexity index is 444. The molecule has 1 atom stereocenters. The summed E-state index contributed by atoms with van der Waals surface area (Å²) in [6.07, 6.45) is 6.80. The molecule has 1 N–H and O–H groups in total. The van der Waals surface area contributed by atoms with E-state index in [0.717, 1.165) is 11.3 Å². The molecule has 0 bridgehead atoms. The second-order valence-corrected chi connectivity index (χ2v) is 3.32. The molecule has 1 aliphatic heterocycles. The van der Waals surface area contributed by atoms with Gasteiger partial charge < -0.3 is 5.32 Å². The first-order chi connectivity index (χ1) is 7.90. The Morgan fingerprint density at radius 1 is 1.31 bits per heavy atom. The number of aliphatic imine (C=N–C) groups is 2. The van der Waals surface area contributed by atoms with Crippen LogP contribution in [-0.2, 0) is 0 Å². The predicted octanol–water partition coefficient (Wildman–Crippen LogP) is 2.24. The minimum atomic E-state index is -0.158. The third-order valence-corrected chi connectivity index (χ3v) is 2.19. The molecule has 80 valence electrons. The van der Waals surface area contributed by atoms with Gasteiger partial charge in [-0.15, -0.1) is 0 Å². The Hall–Kier alpha value is -2.16. The van der Waals surface area contributed by atoms with Crippen molar-refractivity contribution in [3.63, 3.8) is 0 Å². The number of rotatable bonds is 3. The average Bonchev–Trinajstić information content (AvgIpc) is 2.38. The van der Waals surface area contributed by atoms with Crippen LogP contribution in [0, 0.1) is 0 Å². The quantitative estimate of drug-likeness (QED) is 0.765. The number of benzene rings is 1. The molecule has 1 aromatic rings. The molecule has 1 aromatic carbocycles. The van der Waals surface area contributed by atoms with Crippen molar-refractivity contribution in [2.45, 2.75) is 6.17 Å². The Kier molecular flexibility index (Phi) is 3.28. The molecular formula is C13H13N3. The lowest BCUT2D eigenvalue weighted by Crippen LogP contribution is -2.18. The Balaban J connectivity index is 2.20. The van der Waals surface area contributed by atoms with Crippen LogP contribution in [0.5, 0.6) is 0 Å². The van der Waals surface area contributed by atoms with Crippen LogP contribution < -0.4 is 5.32 Å². The van der Waals surface area contributed by atoms with Gasteiger partial charge in [0.15, 0.2) is 6.17 Å². The van der Waals surface area contributed by atoms with E-state index in [2.05, 4.69) is 21.9 Å². The summed E-state index contributed by atoms with van der Waals surface area (Å²) in [4.78, 5) is 8.40. The first-order valence-corrected chi connectivity index (χ1v) is 5.10. The number of hydrogen-bond acceptors (Lipinski definition) is 3. The predicted molar refractivity (Wildman–Crippen MR) is 68.5 cm³/mol. The van der Waals surface area contributed by atoms with E-state index in [1.165, 1.54) is 0 Å². The van der Waals surface area contributed by atoms with E-state index >= 15 is 0 Å². The van der Waals surface area contributed by atoms with Gasteiger partial charge in [-0.25, -0.2) is 4.99 Å². The van der Waals surface area contributed by atoms with Crippen molar-refractivity contribution in [3.8, 4) is 0 Å². The first-order valence-electron chi connectivity index (χ1n) is 5.10. The van der Waals surface area contributed by atoms with Crippen LogP contribution in [0.25, 0.3) is 5.70 Å². The van der Waals surface area contributed by atoms with Gasteiger partial charge >= 0.3 is 0 Å². The molecule has 0 spiro atoms. The molecule has 3 nitrogen and oxygen atoms in total. The van der Waals surface area contributed by atoms with Gasteiger partial charge in [0, 0.05) is 11.9 Å². The van der Waals surface area contributed by atoms with E-state index in [9.17, 15) is 0 Å². The summed E-state index contributed by atoms with van der Waals surface area (Å²) in [6.45, 7) is 3.58. The van der Waals surface area contributed by atoms with Crippen molar-refractivity contribution in [2.24, 2.45) is 9.98 Å². The standard InChI is InChI=1S/C13H13N3/c1-2-8-14-13-9-12(15-10-16-13)11-6-4-3-5-7-11/h2-10,13H,1H2,(H,15,16). The van der Waals surface area contributed by atoms with Crippen molar-refractivity contribution < 1.29 is 0 Å². The van der Waals surface area contributed by atoms with Gasteiger partial charge in [0.2, 0.25) is 0 Å². The van der Waals surface area contributed by atoms with E-state index in [1.807, 2.05) is 36.4 Å². The summed E-state index contributed by atoms with van der Waals surface area (Å²) in [5.74, 6) is 0. The van der Waals surface area contributed by atoms with Gasteiger partial charge in [-0.05, 0) is 11.6 Å². The Morgan fingerprint density at radius 3 is 2.88 bits per heavy atom. The fourth-order valence-electron chi connectivity index (χ4n) is 1.45. The summed E-state index contributed by atoms with van der Waals surface area (Å²) >= 11 is 0. The molecule has 0 aromatic heterocycles. The topological polar surface area (TPSA) is 36.8 Å². The zero-order chi connectivity index (χ0) is 11.2. The van der Waals surface area contributed by atoms with Gasteiger partial charge in [-0.1, -0.05) is 43.0 Å². The molecule has 16 heavy (non-hydrogen) atoms. The van der Waals surface area contributed by atoms with Crippen molar-refractivity contribution in [1.29, 1.82) is 0 Å². The maximum atomic E-state index is 4.22. The van der Waals surface area contributed by atoms with Gasteiger partial charge in [0.05, 0.1) is 6.34 Å². The van der Waals surface area contributed by atoms with Crippen LogP contribution >= 0.6 is 0 Å². The summed E-state index contributed by atoms with van der Waals surface area (Å²) in [5, 5.41) is 3.11. The van der Waals surface area contributed by atoms with E-state index < -0.39 is 0 Å². The monoisotopic (exact) mass is 211 g/mol. The number of allylic oxidation sites excluding steroid dienone is 1. The van der Waals surface area contributed by atoms with Crippen LogP contribution in [0.1, 0.15) is 5.56 Å². The molecule has 0 saturated carbocycles. The molecule has 0 amide bonds. The SMILES string of the molecule is C=CC=NC1C=C(c2ccccc2)NC=N1. The van der Waals surface area contributed by atoms with Crippen molar-refractivity contribution in [1.82, 2.24) is 5.32 Å². The van der Waals surface area contributed by atoms with Gasteiger partial charge in [0.1, 0.15) is 0 Å². The summed E-state index contributed by atoms with van der Waals surface area (Å²) in [5.41, 5.74) is 2.16. The molecule has 3 heteroatoms. The molecule has 0 aliphatic carbocycles. The molecule has 1 aliphatic rings. The number of hydrogen-bond donors (Lipinski definition) is 1. The number of nitrogens with one attached hydrogen (secondary N) is 1. The third-order valence-electron chi connectivity index (χ3n) is 2.19. The lowest BCUT2D eigenvalue weighted by atomic mass is 10.1. The average molecular weight is 211 g/mol. The molecule has 2 rings (SSSR count). The molecular weight excluding hydrogens is 198 g/mol. The zero-order valence-corrected chi connectivity index (χ0v) is 8.88. The van der Waals surface area contributed by atoms with Crippen LogP contribution in [0.3, 0.4) is 0 Å². The third kappa shape index (κ3) is 2.45. The molecule has 1 unspecified atom stereocenters. The van der Waals surface area contributed by atoms with E-state index in [0.29, 0.717) is 0 Å². The van der Waals surface area contributed by atoms with Crippen molar-refractivity contribution in [2.75, 3.05) is 0 Å². The minimum Gasteiger partial charge on any atom is -0.346 e.